The summed E-state index contributed by atoms with van der Waals surface area (Å²) in [4.78, 5) is 0. The monoisotopic (exact) mass is 227 g/mol. The fourth-order valence-electron chi connectivity index (χ4n) is 1.10. The van der Waals surface area contributed by atoms with Crippen LogP contribution in [-0.4, -0.2) is 6.54 Å². The molecule has 1 nitrogen and oxygen atoms in total. The van der Waals surface area contributed by atoms with Crippen molar-refractivity contribution in [3.8, 4) is 0 Å². The van der Waals surface area contributed by atoms with Crippen molar-refractivity contribution in [3.63, 3.8) is 0 Å². The average molecular weight is 228 g/mol. The molecule has 0 bridgehead atoms. The lowest BCUT2D eigenvalue weighted by molar-refractivity contribution is 0.724. The van der Waals surface area contributed by atoms with Gasteiger partial charge in [0.05, 0.1) is 0 Å². The van der Waals surface area contributed by atoms with Gasteiger partial charge in [-0.25, -0.2) is 0 Å². The van der Waals surface area contributed by atoms with Crippen molar-refractivity contribution in [2.24, 2.45) is 0 Å². The molecule has 0 saturated heterocycles. The third kappa shape index (κ3) is 2.32. The van der Waals surface area contributed by atoms with E-state index in [4.69, 9.17) is 0 Å². The summed E-state index contributed by atoms with van der Waals surface area (Å²) < 4.78 is 1.23. The first-order valence-electron chi connectivity index (χ1n) is 4.20. The second-order valence-corrected chi connectivity index (χ2v) is 3.62. The number of nitrogens with one attached hydrogen (secondary N) is 1. The minimum Gasteiger partial charge on any atom is -0.313 e. The molecule has 66 valence electrons. The van der Waals surface area contributed by atoms with Crippen LogP contribution < -0.4 is 5.32 Å². The summed E-state index contributed by atoms with van der Waals surface area (Å²) in [6.07, 6.45) is 0. The molecule has 0 aliphatic carbocycles. The molecular weight excluding hydrogens is 214 g/mol. The van der Waals surface area contributed by atoms with Crippen molar-refractivity contribution in [1.29, 1.82) is 0 Å². The normalized spacial score (nSPS) is 10.2. The number of halogens is 1. The molecule has 12 heavy (non-hydrogen) atoms. The molecule has 1 aromatic carbocycles. The summed E-state index contributed by atoms with van der Waals surface area (Å²) in [5.41, 5.74) is 2.63. The van der Waals surface area contributed by atoms with Crippen LogP contribution in [0.25, 0.3) is 0 Å². The Hall–Kier alpha value is -0.340. The fourth-order valence-corrected chi connectivity index (χ4v) is 1.51. The molecule has 0 atom stereocenters. The van der Waals surface area contributed by atoms with Crippen LogP contribution >= 0.6 is 15.9 Å². The molecule has 0 amide bonds. The Kier molecular flexibility index (Phi) is 3.76. The highest BCUT2D eigenvalue weighted by Gasteiger charge is 1.99. The summed E-state index contributed by atoms with van der Waals surface area (Å²) >= 11 is 3.57. The molecule has 1 rings (SSSR count). The van der Waals surface area contributed by atoms with Crippen LogP contribution in [0.3, 0.4) is 0 Å². The zero-order valence-corrected chi connectivity index (χ0v) is 9.11. The summed E-state index contributed by atoms with van der Waals surface area (Å²) in [7, 11) is 0. The van der Waals surface area contributed by atoms with Crippen LogP contribution in [0.15, 0.2) is 22.7 Å². The minimum absolute atomic E-state index is 0.943. The van der Waals surface area contributed by atoms with Crippen molar-refractivity contribution in [2.45, 2.75) is 20.4 Å². The largest absolute Gasteiger partial charge is 0.313 e. The van der Waals surface area contributed by atoms with E-state index in [1.54, 1.807) is 0 Å². The summed E-state index contributed by atoms with van der Waals surface area (Å²) in [6.45, 7) is 6.18. The molecule has 2 heteroatoms. The van der Waals surface area contributed by atoms with E-state index >= 15 is 0 Å². The maximum absolute atomic E-state index is 3.57. The predicted octanol–water partition coefficient (Wildman–Crippen LogP) is 2.87. The first kappa shape index (κ1) is 9.75. The van der Waals surface area contributed by atoms with Gasteiger partial charge in [0.1, 0.15) is 0 Å². The highest BCUT2D eigenvalue weighted by atomic mass is 79.9. The lowest BCUT2D eigenvalue weighted by Gasteiger charge is -2.06. The van der Waals surface area contributed by atoms with E-state index in [-0.39, 0.29) is 0 Å². The molecule has 0 unspecified atom stereocenters. The SMILES string of the molecule is CCNCc1cccc(C)c1Br. The third-order valence-corrected chi connectivity index (χ3v) is 2.97. The van der Waals surface area contributed by atoms with E-state index < -0.39 is 0 Å². The molecule has 1 aromatic rings. The first-order chi connectivity index (χ1) is 5.75. The van der Waals surface area contributed by atoms with Gasteiger partial charge in [0.2, 0.25) is 0 Å². The second-order valence-electron chi connectivity index (χ2n) is 2.83. The van der Waals surface area contributed by atoms with E-state index in [1.807, 2.05) is 0 Å². The maximum atomic E-state index is 3.57. The topological polar surface area (TPSA) is 12.0 Å². The van der Waals surface area contributed by atoms with Gasteiger partial charge in [0.25, 0.3) is 0 Å². The van der Waals surface area contributed by atoms with Gasteiger partial charge >= 0.3 is 0 Å². The smallest absolute Gasteiger partial charge is 0.0249 e. The first-order valence-corrected chi connectivity index (χ1v) is 4.99. The second kappa shape index (κ2) is 4.63. The Bertz CT molecular complexity index is 258. The summed E-state index contributed by atoms with van der Waals surface area (Å²) in [5, 5.41) is 3.30. The van der Waals surface area contributed by atoms with Crippen LogP contribution in [0.2, 0.25) is 0 Å². The van der Waals surface area contributed by atoms with Gasteiger partial charge in [-0.1, -0.05) is 41.1 Å². The van der Waals surface area contributed by atoms with Crippen LogP contribution in [-0.2, 0) is 6.54 Å². The van der Waals surface area contributed by atoms with Crippen LogP contribution in [0.1, 0.15) is 18.1 Å². The van der Waals surface area contributed by atoms with Gasteiger partial charge in [0.15, 0.2) is 0 Å². The molecule has 0 aliphatic heterocycles. The van der Waals surface area contributed by atoms with E-state index in [9.17, 15) is 0 Å². The Morgan fingerprint density at radius 3 is 2.83 bits per heavy atom. The van der Waals surface area contributed by atoms with E-state index in [1.165, 1.54) is 15.6 Å². The third-order valence-electron chi connectivity index (χ3n) is 1.84. The molecule has 0 spiro atoms. The Labute approximate surface area is 82.3 Å². The molecule has 0 fully saturated rings. The van der Waals surface area contributed by atoms with Gasteiger partial charge in [-0.2, -0.15) is 0 Å². The molecule has 0 aromatic heterocycles. The standard InChI is InChI=1S/C10H14BrN/c1-3-12-7-9-6-4-5-8(2)10(9)11/h4-6,12H,3,7H2,1-2H3. The summed E-state index contributed by atoms with van der Waals surface area (Å²) in [5.74, 6) is 0. The Morgan fingerprint density at radius 1 is 1.42 bits per heavy atom. The Balaban J connectivity index is 2.78. The molecule has 0 aliphatic rings. The van der Waals surface area contributed by atoms with Crippen molar-refractivity contribution in [1.82, 2.24) is 5.32 Å². The zero-order chi connectivity index (χ0) is 8.97. The molecule has 0 saturated carbocycles. The van der Waals surface area contributed by atoms with Crippen molar-refractivity contribution < 1.29 is 0 Å². The van der Waals surface area contributed by atoms with Gasteiger partial charge in [0, 0.05) is 11.0 Å². The van der Waals surface area contributed by atoms with Gasteiger partial charge in [-0.3, -0.25) is 0 Å². The number of rotatable bonds is 3. The van der Waals surface area contributed by atoms with Crippen molar-refractivity contribution in [3.05, 3.63) is 33.8 Å². The molecule has 1 N–H and O–H groups in total. The molecular formula is C10H14BrN. The summed E-state index contributed by atoms with van der Waals surface area (Å²) in [6, 6.07) is 6.34. The maximum Gasteiger partial charge on any atom is 0.0249 e. The molecule has 0 heterocycles. The van der Waals surface area contributed by atoms with Crippen molar-refractivity contribution in [2.75, 3.05) is 6.54 Å². The fraction of sp³-hybridized carbons (Fsp3) is 0.400. The number of hydrogen-bond donors (Lipinski definition) is 1. The molecule has 0 radical (unpaired) electrons. The predicted molar refractivity (Wildman–Crippen MR) is 56.3 cm³/mol. The Morgan fingerprint density at radius 2 is 2.17 bits per heavy atom. The minimum atomic E-state index is 0.943. The van der Waals surface area contributed by atoms with Crippen LogP contribution in [0.5, 0.6) is 0 Å². The van der Waals surface area contributed by atoms with E-state index in [2.05, 4.69) is 53.3 Å². The lowest BCUT2D eigenvalue weighted by atomic mass is 10.1. The average Bonchev–Trinajstić information content (AvgIpc) is 2.08. The van der Waals surface area contributed by atoms with E-state index in [0.717, 1.165) is 13.1 Å². The quantitative estimate of drug-likeness (QED) is 0.838. The highest BCUT2D eigenvalue weighted by molar-refractivity contribution is 9.10. The van der Waals surface area contributed by atoms with Gasteiger partial charge < -0.3 is 5.32 Å². The van der Waals surface area contributed by atoms with Crippen LogP contribution in [0, 0.1) is 6.92 Å². The van der Waals surface area contributed by atoms with Crippen LogP contribution in [0.4, 0.5) is 0 Å². The van der Waals surface area contributed by atoms with Gasteiger partial charge in [-0.15, -0.1) is 0 Å². The van der Waals surface area contributed by atoms with Crippen molar-refractivity contribution >= 4 is 15.9 Å². The number of hydrogen-bond acceptors (Lipinski definition) is 1. The number of benzene rings is 1. The van der Waals surface area contributed by atoms with E-state index in [0.29, 0.717) is 0 Å². The lowest BCUT2D eigenvalue weighted by Crippen LogP contribution is -2.12. The highest BCUT2D eigenvalue weighted by Crippen LogP contribution is 2.20. The zero-order valence-electron chi connectivity index (χ0n) is 7.52. The van der Waals surface area contributed by atoms with Gasteiger partial charge in [-0.05, 0) is 24.6 Å². The number of aryl methyl sites for hydroxylation is 1.